The van der Waals surface area contributed by atoms with Crippen molar-refractivity contribution in [2.75, 3.05) is 36.2 Å². The lowest BCUT2D eigenvalue weighted by Crippen LogP contribution is -2.24. The lowest BCUT2D eigenvalue weighted by atomic mass is 9.87. The predicted molar refractivity (Wildman–Crippen MR) is 115 cm³/mol. The number of aliphatic hydroxyl groups is 1. The Balaban J connectivity index is 1.65. The van der Waals surface area contributed by atoms with Crippen LogP contribution in [0.15, 0.2) is 11.5 Å². The Kier molecular flexibility index (Phi) is 6.62. The zero-order valence-corrected chi connectivity index (χ0v) is 19.0. The summed E-state index contributed by atoms with van der Waals surface area (Å²) in [7, 11) is 0. The number of nitrogens with zero attached hydrogens (tertiary/aromatic N) is 4. The Labute approximate surface area is 186 Å². The molecule has 1 spiro atoms. The first kappa shape index (κ1) is 22.9. The van der Waals surface area contributed by atoms with Crippen molar-refractivity contribution in [3.05, 3.63) is 6.33 Å². The monoisotopic (exact) mass is 477 g/mol. The number of aliphatic hydroxyl groups excluding tert-OH is 1. The first-order valence-corrected chi connectivity index (χ1v) is 12.6. The van der Waals surface area contributed by atoms with Crippen molar-refractivity contribution in [2.45, 2.75) is 49.9 Å². The largest absolute Gasteiger partial charge is 0.394 e. The molecule has 2 aromatic rings. The molecule has 1 saturated carbocycles. The molecular formula is C19H26F3N5O2S2. The standard InChI is InChI=1S/C19H26F3N5O2S2/c1-11-16(29-12(9-28)18(11)3-4-18)27-10-24-13-14(23-6-8-30-2)25-17(26-15(13)27)31-7-5-19(20,21)22/h10-12,16,28H,3-9H2,1-2H3,(H,23,25,26)/t11-,12+,16+/m0/s1. The molecule has 1 aliphatic carbocycles. The normalized spacial score (nSPS) is 24.9. The maximum Gasteiger partial charge on any atom is 0.389 e. The summed E-state index contributed by atoms with van der Waals surface area (Å²) in [4.78, 5) is 13.5. The van der Waals surface area contributed by atoms with Gasteiger partial charge in [-0.2, -0.15) is 24.9 Å². The fraction of sp³-hybridized carbons (Fsp3) is 0.737. The van der Waals surface area contributed by atoms with Crippen LogP contribution in [0.5, 0.6) is 0 Å². The van der Waals surface area contributed by atoms with Gasteiger partial charge in [0.15, 0.2) is 22.1 Å². The van der Waals surface area contributed by atoms with E-state index in [9.17, 15) is 18.3 Å². The van der Waals surface area contributed by atoms with Crippen molar-refractivity contribution >= 4 is 40.5 Å². The second kappa shape index (κ2) is 8.95. The molecule has 2 fully saturated rings. The molecule has 0 amide bonds. The molecule has 2 aromatic heterocycles. The third-order valence-electron chi connectivity index (χ3n) is 6.16. The van der Waals surface area contributed by atoms with Crippen molar-refractivity contribution in [1.82, 2.24) is 19.5 Å². The molecule has 1 aliphatic heterocycles. The van der Waals surface area contributed by atoms with Gasteiger partial charge < -0.3 is 15.2 Å². The van der Waals surface area contributed by atoms with Gasteiger partial charge in [0, 0.05) is 29.4 Å². The van der Waals surface area contributed by atoms with Gasteiger partial charge in [0.25, 0.3) is 0 Å². The number of hydrogen-bond donors (Lipinski definition) is 2. The van der Waals surface area contributed by atoms with Gasteiger partial charge in [0.05, 0.1) is 25.5 Å². The molecular weight excluding hydrogens is 451 g/mol. The highest BCUT2D eigenvalue weighted by Crippen LogP contribution is 2.63. The Hall–Kier alpha value is -1.24. The Morgan fingerprint density at radius 1 is 1.32 bits per heavy atom. The van der Waals surface area contributed by atoms with Gasteiger partial charge in [0.1, 0.15) is 6.23 Å². The molecule has 0 radical (unpaired) electrons. The van der Waals surface area contributed by atoms with E-state index < -0.39 is 12.6 Å². The second-order valence-corrected chi connectivity index (χ2v) is 10.1. The Bertz CT molecular complexity index is 922. The number of ether oxygens (including phenoxy) is 1. The number of rotatable bonds is 9. The van der Waals surface area contributed by atoms with Gasteiger partial charge in [-0.3, -0.25) is 4.57 Å². The van der Waals surface area contributed by atoms with Crippen LogP contribution in [0.1, 0.15) is 32.4 Å². The second-order valence-electron chi connectivity index (χ2n) is 8.03. The van der Waals surface area contributed by atoms with E-state index in [1.807, 2.05) is 10.8 Å². The highest BCUT2D eigenvalue weighted by molar-refractivity contribution is 7.99. The number of anilines is 1. The minimum Gasteiger partial charge on any atom is -0.394 e. The van der Waals surface area contributed by atoms with Crippen LogP contribution in [-0.4, -0.2) is 67.8 Å². The van der Waals surface area contributed by atoms with Crippen LogP contribution in [0.25, 0.3) is 11.2 Å². The molecule has 0 aromatic carbocycles. The van der Waals surface area contributed by atoms with Crippen LogP contribution in [0, 0.1) is 11.3 Å². The van der Waals surface area contributed by atoms with Crippen molar-refractivity contribution in [2.24, 2.45) is 11.3 Å². The predicted octanol–water partition coefficient (Wildman–Crippen LogP) is 3.95. The molecule has 12 heteroatoms. The number of nitrogens with one attached hydrogen (secondary N) is 1. The van der Waals surface area contributed by atoms with Crippen molar-refractivity contribution in [3.63, 3.8) is 0 Å². The molecule has 3 heterocycles. The van der Waals surface area contributed by atoms with Gasteiger partial charge in [-0.05, 0) is 19.1 Å². The minimum atomic E-state index is -4.22. The fourth-order valence-corrected chi connectivity index (χ4v) is 5.38. The highest BCUT2D eigenvalue weighted by atomic mass is 32.2. The summed E-state index contributed by atoms with van der Waals surface area (Å²) < 4.78 is 45.8. The molecule has 2 aliphatic rings. The first-order chi connectivity index (χ1) is 14.8. The SMILES string of the molecule is CSCCNc1nc(SCCC(F)(F)F)nc2c1ncn2[C@@H]1O[C@H](CO)C2(CC2)[C@H]1C. The van der Waals surface area contributed by atoms with Crippen molar-refractivity contribution in [3.8, 4) is 0 Å². The summed E-state index contributed by atoms with van der Waals surface area (Å²) in [5.74, 6) is 1.37. The summed E-state index contributed by atoms with van der Waals surface area (Å²) in [5, 5.41) is 13.3. The summed E-state index contributed by atoms with van der Waals surface area (Å²) in [6, 6.07) is 0. The van der Waals surface area contributed by atoms with E-state index in [0.717, 1.165) is 30.4 Å². The quantitative estimate of drug-likeness (QED) is 0.319. The number of aromatic nitrogens is 4. The number of fused-ring (bicyclic) bond motifs is 1. The Morgan fingerprint density at radius 3 is 2.71 bits per heavy atom. The first-order valence-electron chi connectivity index (χ1n) is 10.2. The van der Waals surface area contributed by atoms with Crippen LogP contribution < -0.4 is 5.32 Å². The number of thioether (sulfide) groups is 2. The summed E-state index contributed by atoms with van der Waals surface area (Å²) >= 11 is 2.66. The van der Waals surface area contributed by atoms with E-state index in [1.54, 1.807) is 18.1 Å². The van der Waals surface area contributed by atoms with Gasteiger partial charge >= 0.3 is 6.18 Å². The number of halogens is 3. The van der Waals surface area contributed by atoms with E-state index in [-0.39, 0.29) is 41.2 Å². The van der Waals surface area contributed by atoms with Crippen molar-refractivity contribution in [1.29, 1.82) is 0 Å². The zero-order chi connectivity index (χ0) is 22.2. The molecule has 7 nitrogen and oxygen atoms in total. The molecule has 172 valence electrons. The van der Waals surface area contributed by atoms with Crippen LogP contribution in [0.4, 0.5) is 19.0 Å². The van der Waals surface area contributed by atoms with E-state index in [0.29, 0.717) is 23.5 Å². The third-order valence-corrected chi connectivity index (χ3v) is 7.62. The van der Waals surface area contributed by atoms with Crippen molar-refractivity contribution < 1.29 is 23.0 Å². The summed E-state index contributed by atoms with van der Waals surface area (Å²) in [5.41, 5.74) is 1.07. The molecule has 4 rings (SSSR count). The summed E-state index contributed by atoms with van der Waals surface area (Å²) in [6.45, 7) is 2.72. The average Bonchev–Trinajstić information content (AvgIpc) is 3.33. The van der Waals surface area contributed by atoms with Crippen LogP contribution in [-0.2, 0) is 4.74 Å². The number of imidazole rings is 1. The maximum atomic E-state index is 12.6. The smallest absolute Gasteiger partial charge is 0.389 e. The number of hydrogen-bond acceptors (Lipinski definition) is 8. The van der Waals surface area contributed by atoms with Crippen LogP contribution in [0.3, 0.4) is 0 Å². The molecule has 31 heavy (non-hydrogen) atoms. The zero-order valence-electron chi connectivity index (χ0n) is 17.4. The van der Waals surface area contributed by atoms with E-state index in [1.165, 1.54) is 0 Å². The minimum absolute atomic E-state index is 0.0211. The highest BCUT2D eigenvalue weighted by Gasteiger charge is 2.61. The molecule has 0 unspecified atom stereocenters. The lowest BCUT2D eigenvalue weighted by Gasteiger charge is -2.19. The van der Waals surface area contributed by atoms with E-state index in [4.69, 9.17) is 4.74 Å². The van der Waals surface area contributed by atoms with Gasteiger partial charge in [-0.25, -0.2) is 15.0 Å². The Morgan fingerprint density at radius 2 is 2.10 bits per heavy atom. The molecule has 0 bridgehead atoms. The average molecular weight is 478 g/mol. The molecule has 1 saturated heterocycles. The van der Waals surface area contributed by atoms with E-state index >= 15 is 0 Å². The van der Waals surface area contributed by atoms with Crippen LogP contribution in [0.2, 0.25) is 0 Å². The summed E-state index contributed by atoms with van der Waals surface area (Å²) in [6.07, 6.45) is -0.0253. The van der Waals surface area contributed by atoms with Gasteiger partial charge in [-0.1, -0.05) is 18.7 Å². The maximum absolute atomic E-state index is 12.6. The van der Waals surface area contributed by atoms with Crippen LogP contribution >= 0.6 is 23.5 Å². The number of alkyl halides is 3. The third kappa shape index (κ3) is 4.62. The fourth-order valence-electron chi connectivity index (χ4n) is 4.25. The molecule has 2 N–H and O–H groups in total. The van der Waals surface area contributed by atoms with Gasteiger partial charge in [0.2, 0.25) is 0 Å². The molecule has 3 atom stereocenters. The van der Waals surface area contributed by atoms with Gasteiger partial charge in [-0.15, -0.1) is 0 Å². The lowest BCUT2D eigenvalue weighted by molar-refractivity contribution is -0.129. The van der Waals surface area contributed by atoms with E-state index in [2.05, 4.69) is 27.2 Å². The topological polar surface area (TPSA) is 85.1 Å².